The van der Waals surface area contributed by atoms with E-state index in [0.717, 1.165) is 11.3 Å². The summed E-state index contributed by atoms with van der Waals surface area (Å²) in [5, 5.41) is 10.6. The number of benzene rings is 2. The summed E-state index contributed by atoms with van der Waals surface area (Å²) in [6.45, 7) is 2.22. The minimum Gasteiger partial charge on any atom is -0.367 e. The Morgan fingerprint density at radius 1 is 1.19 bits per heavy atom. The van der Waals surface area contributed by atoms with Crippen LogP contribution in [0.5, 0.6) is 0 Å². The third-order valence-electron chi connectivity index (χ3n) is 3.22. The molecule has 108 valence electrons. The van der Waals surface area contributed by atoms with Crippen LogP contribution < -0.4 is 4.90 Å². The van der Waals surface area contributed by atoms with Crippen molar-refractivity contribution in [2.75, 3.05) is 18.5 Å². The molecule has 0 unspecified atom stereocenters. The number of anilines is 1. The van der Waals surface area contributed by atoms with Crippen LogP contribution in [-0.4, -0.2) is 24.3 Å². The van der Waals surface area contributed by atoms with Gasteiger partial charge < -0.3 is 4.90 Å². The lowest BCUT2D eigenvalue weighted by Gasteiger charge is -2.18. The molecule has 2 rings (SSSR count). The van der Waals surface area contributed by atoms with E-state index in [1.54, 1.807) is 0 Å². The van der Waals surface area contributed by atoms with Gasteiger partial charge in [-0.25, -0.2) is 0 Å². The van der Waals surface area contributed by atoms with E-state index >= 15 is 0 Å². The van der Waals surface area contributed by atoms with Crippen LogP contribution in [0.25, 0.3) is 0 Å². The highest BCUT2D eigenvalue weighted by Crippen LogP contribution is 2.16. The number of carbonyl (C=O) groups is 1. The minimum atomic E-state index is -0.479. The van der Waals surface area contributed by atoms with Crippen molar-refractivity contribution in [3.8, 4) is 0 Å². The molecule has 5 nitrogen and oxygen atoms in total. The van der Waals surface area contributed by atoms with Crippen molar-refractivity contribution < 1.29 is 9.72 Å². The Morgan fingerprint density at radius 3 is 2.43 bits per heavy atom. The number of Topliss-reactive ketones (excluding diaryl/α,β-unsaturated/α-hetero) is 1. The third kappa shape index (κ3) is 3.66. The molecular weight excluding hydrogens is 268 g/mol. The van der Waals surface area contributed by atoms with E-state index in [1.807, 2.05) is 43.1 Å². The monoisotopic (exact) mass is 284 g/mol. The first-order valence-corrected chi connectivity index (χ1v) is 6.53. The maximum atomic E-state index is 12.2. The molecule has 0 saturated carbocycles. The Balaban J connectivity index is 2.08. The fraction of sp³-hybridized carbons (Fsp3) is 0.188. The molecule has 2 aromatic carbocycles. The average Bonchev–Trinajstić information content (AvgIpc) is 2.47. The Hall–Kier alpha value is -2.69. The Labute approximate surface area is 123 Å². The molecule has 0 fully saturated rings. The van der Waals surface area contributed by atoms with E-state index in [4.69, 9.17) is 0 Å². The number of nitrogens with zero attached hydrogens (tertiary/aromatic N) is 2. The zero-order chi connectivity index (χ0) is 15.4. The normalized spacial score (nSPS) is 10.2. The highest BCUT2D eigenvalue weighted by atomic mass is 16.6. The maximum absolute atomic E-state index is 12.2. The summed E-state index contributed by atoms with van der Waals surface area (Å²) < 4.78 is 0. The molecule has 0 N–H and O–H groups in total. The predicted molar refractivity (Wildman–Crippen MR) is 81.9 cm³/mol. The van der Waals surface area contributed by atoms with Gasteiger partial charge in [0.2, 0.25) is 0 Å². The number of nitro benzene ring substituents is 1. The quantitative estimate of drug-likeness (QED) is 0.480. The summed E-state index contributed by atoms with van der Waals surface area (Å²) in [5.41, 5.74) is 2.55. The second-order valence-electron chi connectivity index (χ2n) is 4.92. The van der Waals surface area contributed by atoms with Gasteiger partial charge in [-0.05, 0) is 36.8 Å². The van der Waals surface area contributed by atoms with E-state index in [1.165, 1.54) is 24.3 Å². The van der Waals surface area contributed by atoms with Crippen LogP contribution in [0, 0.1) is 17.0 Å². The number of hydrogen-bond acceptors (Lipinski definition) is 4. The van der Waals surface area contributed by atoms with Gasteiger partial charge in [-0.2, -0.15) is 0 Å². The first-order valence-electron chi connectivity index (χ1n) is 6.53. The molecule has 0 spiro atoms. The SMILES string of the molecule is Cc1cccc(N(C)CC(=O)c2ccc([N+](=O)[O-])cc2)c1. The largest absolute Gasteiger partial charge is 0.367 e. The van der Waals surface area contributed by atoms with Crippen molar-refractivity contribution >= 4 is 17.2 Å². The van der Waals surface area contributed by atoms with E-state index in [9.17, 15) is 14.9 Å². The van der Waals surface area contributed by atoms with Crippen LogP contribution in [0.3, 0.4) is 0 Å². The van der Waals surface area contributed by atoms with Crippen molar-refractivity contribution in [2.24, 2.45) is 0 Å². The van der Waals surface area contributed by atoms with Gasteiger partial charge in [0.25, 0.3) is 5.69 Å². The van der Waals surface area contributed by atoms with Crippen LogP contribution in [0.1, 0.15) is 15.9 Å². The van der Waals surface area contributed by atoms with E-state index in [0.29, 0.717) is 5.56 Å². The summed E-state index contributed by atoms with van der Waals surface area (Å²) in [4.78, 5) is 24.2. The van der Waals surface area contributed by atoms with Gasteiger partial charge in [0.15, 0.2) is 5.78 Å². The smallest absolute Gasteiger partial charge is 0.269 e. The summed E-state index contributed by atoms with van der Waals surface area (Å²) in [6, 6.07) is 13.6. The fourth-order valence-electron chi connectivity index (χ4n) is 2.03. The summed E-state index contributed by atoms with van der Waals surface area (Å²) >= 11 is 0. The second kappa shape index (κ2) is 6.17. The zero-order valence-electron chi connectivity index (χ0n) is 11.9. The molecule has 0 aromatic heterocycles. The van der Waals surface area contributed by atoms with Crippen LogP contribution in [-0.2, 0) is 0 Å². The molecule has 0 amide bonds. The molecule has 0 aliphatic carbocycles. The number of nitro groups is 1. The second-order valence-corrected chi connectivity index (χ2v) is 4.92. The summed E-state index contributed by atoms with van der Waals surface area (Å²) in [5.74, 6) is -0.0751. The molecule has 21 heavy (non-hydrogen) atoms. The molecule has 5 heteroatoms. The minimum absolute atomic E-state index is 0.0152. The highest BCUT2D eigenvalue weighted by Gasteiger charge is 2.12. The van der Waals surface area contributed by atoms with Crippen LogP contribution in [0.2, 0.25) is 0 Å². The number of hydrogen-bond donors (Lipinski definition) is 0. The molecule has 2 aromatic rings. The Morgan fingerprint density at radius 2 is 1.86 bits per heavy atom. The molecule has 0 radical (unpaired) electrons. The molecular formula is C16H16N2O3. The van der Waals surface area contributed by atoms with Gasteiger partial charge in [0.05, 0.1) is 11.5 Å². The first-order chi connectivity index (χ1) is 9.97. The number of rotatable bonds is 5. The van der Waals surface area contributed by atoms with Crippen molar-refractivity contribution in [3.63, 3.8) is 0 Å². The maximum Gasteiger partial charge on any atom is 0.269 e. The van der Waals surface area contributed by atoms with Crippen LogP contribution in [0.4, 0.5) is 11.4 Å². The van der Waals surface area contributed by atoms with Crippen molar-refractivity contribution in [3.05, 3.63) is 69.8 Å². The lowest BCUT2D eigenvalue weighted by Crippen LogP contribution is -2.25. The van der Waals surface area contributed by atoms with Gasteiger partial charge in [0, 0.05) is 30.4 Å². The van der Waals surface area contributed by atoms with Crippen LogP contribution in [0.15, 0.2) is 48.5 Å². The molecule has 0 aliphatic heterocycles. The lowest BCUT2D eigenvalue weighted by atomic mass is 10.1. The number of aryl methyl sites for hydroxylation is 1. The third-order valence-corrected chi connectivity index (χ3v) is 3.22. The number of non-ortho nitro benzene ring substituents is 1. The predicted octanol–water partition coefficient (Wildman–Crippen LogP) is 3.22. The Kier molecular flexibility index (Phi) is 4.33. The van der Waals surface area contributed by atoms with Crippen LogP contribution >= 0.6 is 0 Å². The fourth-order valence-corrected chi connectivity index (χ4v) is 2.03. The molecule has 0 aliphatic rings. The topological polar surface area (TPSA) is 63.5 Å². The van der Waals surface area contributed by atoms with Gasteiger partial charge in [-0.1, -0.05) is 12.1 Å². The average molecular weight is 284 g/mol. The number of carbonyl (C=O) groups excluding carboxylic acids is 1. The van der Waals surface area contributed by atoms with E-state index < -0.39 is 4.92 Å². The van der Waals surface area contributed by atoms with Crippen molar-refractivity contribution in [1.29, 1.82) is 0 Å². The highest BCUT2D eigenvalue weighted by molar-refractivity contribution is 5.99. The van der Waals surface area contributed by atoms with Gasteiger partial charge in [-0.3, -0.25) is 14.9 Å². The molecule has 0 heterocycles. The van der Waals surface area contributed by atoms with Gasteiger partial charge in [0.1, 0.15) is 0 Å². The number of ketones is 1. The molecule has 0 saturated heterocycles. The molecule has 0 atom stereocenters. The standard InChI is InChI=1S/C16H16N2O3/c1-12-4-3-5-15(10-12)17(2)11-16(19)13-6-8-14(9-7-13)18(20)21/h3-10H,11H2,1-2H3. The summed E-state index contributed by atoms with van der Waals surface area (Å²) in [7, 11) is 1.85. The van der Waals surface area contributed by atoms with Crippen molar-refractivity contribution in [2.45, 2.75) is 6.92 Å². The van der Waals surface area contributed by atoms with E-state index in [2.05, 4.69) is 0 Å². The van der Waals surface area contributed by atoms with Gasteiger partial charge in [-0.15, -0.1) is 0 Å². The summed E-state index contributed by atoms with van der Waals surface area (Å²) in [6.07, 6.45) is 0. The molecule has 0 bridgehead atoms. The van der Waals surface area contributed by atoms with Crippen molar-refractivity contribution in [1.82, 2.24) is 0 Å². The first kappa shape index (κ1) is 14.7. The van der Waals surface area contributed by atoms with Gasteiger partial charge >= 0.3 is 0 Å². The number of likely N-dealkylation sites (N-methyl/N-ethyl adjacent to an activating group) is 1. The Bertz CT molecular complexity index is 665. The van der Waals surface area contributed by atoms with E-state index in [-0.39, 0.29) is 18.0 Å². The zero-order valence-corrected chi connectivity index (χ0v) is 11.9. The lowest BCUT2D eigenvalue weighted by molar-refractivity contribution is -0.384.